The highest BCUT2D eigenvalue weighted by molar-refractivity contribution is 6.08. The summed E-state index contributed by atoms with van der Waals surface area (Å²) in [4.78, 5) is 20.5. The van der Waals surface area contributed by atoms with E-state index < -0.39 is 0 Å². The lowest BCUT2D eigenvalue weighted by Crippen LogP contribution is -2.37. The molecule has 45 heavy (non-hydrogen) atoms. The molecule has 234 valence electrons. The van der Waals surface area contributed by atoms with Crippen LogP contribution in [-0.2, 0) is 10.2 Å². The fourth-order valence-electron chi connectivity index (χ4n) is 5.46. The second-order valence-corrected chi connectivity index (χ2v) is 12.2. The number of ether oxygens (including phenoxy) is 4. The maximum absolute atomic E-state index is 13.5. The number of aromatic nitrogens is 3. The Kier molecular flexibility index (Phi) is 8.60. The van der Waals surface area contributed by atoms with Gasteiger partial charge in [0.25, 0.3) is 5.91 Å². The molecule has 1 aliphatic rings. The van der Waals surface area contributed by atoms with Gasteiger partial charge in [0.2, 0.25) is 0 Å². The molecule has 0 bridgehead atoms. The van der Waals surface area contributed by atoms with Gasteiger partial charge in [-0.05, 0) is 53.6 Å². The molecule has 1 aliphatic heterocycles. The molecular weight excluding hydrogens is 570 g/mol. The fraction of sp³-hybridized carbons (Fsp3) is 0.343. The van der Waals surface area contributed by atoms with Crippen LogP contribution in [0.5, 0.6) is 23.0 Å². The van der Waals surface area contributed by atoms with Crippen LogP contribution < -0.4 is 19.9 Å². The number of anilines is 1. The third-order valence-corrected chi connectivity index (χ3v) is 7.97. The normalized spacial score (nSPS) is 14.1. The highest BCUT2D eigenvalue weighted by Gasteiger charge is 2.23. The van der Waals surface area contributed by atoms with Crippen molar-refractivity contribution in [3.05, 3.63) is 78.1 Å². The molecule has 3 heterocycles. The minimum absolute atomic E-state index is 0.233. The number of fused-ring (bicyclic) bond motifs is 2. The van der Waals surface area contributed by atoms with Gasteiger partial charge in [0.15, 0.2) is 11.5 Å². The Morgan fingerprint density at radius 1 is 0.978 bits per heavy atom. The number of hydrogen-bond donors (Lipinski definition) is 1. The van der Waals surface area contributed by atoms with Crippen molar-refractivity contribution < 1.29 is 23.7 Å². The molecule has 2 aromatic heterocycles. The van der Waals surface area contributed by atoms with Gasteiger partial charge in [-0.2, -0.15) is 9.78 Å². The molecule has 0 saturated carbocycles. The Morgan fingerprint density at radius 2 is 1.80 bits per heavy atom. The van der Waals surface area contributed by atoms with Gasteiger partial charge in [0, 0.05) is 54.3 Å². The van der Waals surface area contributed by atoms with Crippen molar-refractivity contribution >= 4 is 33.4 Å². The van der Waals surface area contributed by atoms with E-state index in [-0.39, 0.29) is 11.3 Å². The molecule has 0 unspecified atom stereocenters. The number of pyridine rings is 1. The highest BCUT2D eigenvalue weighted by atomic mass is 16.5. The summed E-state index contributed by atoms with van der Waals surface area (Å²) in [7, 11) is 1.63. The molecule has 1 saturated heterocycles. The van der Waals surface area contributed by atoms with Crippen LogP contribution in [-0.4, -0.2) is 72.1 Å². The molecule has 1 fully saturated rings. The number of carbonyl (C=O) groups excluding carboxylic acids is 1. The molecule has 5 aromatic rings. The Morgan fingerprint density at radius 3 is 2.56 bits per heavy atom. The van der Waals surface area contributed by atoms with Crippen molar-refractivity contribution in [1.29, 1.82) is 0 Å². The van der Waals surface area contributed by atoms with Crippen LogP contribution in [0.4, 0.5) is 5.82 Å². The molecule has 2 N–H and O–H groups in total. The summed E-state index contributed by atoms with van der Waals surface area (Å²) in [6.45, 7) is 11.1. The SMILES string of the molecule is COc1cc2c(Oc3ccc4c(C(=O)n5nc(C(C)(C)C)cc5N)cccc4c3)ccnc2cc1OCCCN1CCOCC1. The number of carbonyl (C=O) groups is 1. The van der Waals surface area contributed by atoms with E-state index in [1.54, 1.807) is 25.4 Å². The van der Waals surface area contributed by atoms with E-state index in [1.807, 2.05) is 69.3 Å². The van der Waals surface area contributed by atoms with Crippen molar-refractivity contribution in [2.24, 2.45) is 0 Å². The van der Waals surface area contributed by atoms with Crippen molar-refractivity contribution in [1.82, 2.24) is 19.7 Å². The summed E-state index contributed by atoms with van der Waals surface area (Å²) < 4.78 is 24.9. The maximum atomic E-state index is 13.5. The lowest BCUT2D eigenvalue weighted by Gasteiger charge is -2.26. The number of nitrogens with zero attached hydrogens (tertiary/aromatic N) is 4. The zero-order valence-electron chi connectivity index (χ0n) is 26.2. The van der Waals surface area contributed by atoms with Crippen LogP contribution in [0, 0.1) is 0 Å². The summed E-state index contributed by atoms with van der Waals surface area (Å²) in [6, 6.07) is 18.6. The zero-order chi connectivity index (χ0) is 31.6. The first-order valence-corrected chi connectivity index (χ1v) is 15.2. The standard InChI is InChI=1S/C35H39N5O5/c1-35(2,3)32-22-33(36)40(38-32)34(41)26-8-5-7-23-19-24(9-10-25(23)26)45-29-11-12-37-28-21-31(30(42-4)20-27(28)29)44-16-6-13-39-14-17-43-18-15-39/h5,7-12,19-22H,6,13-18,36H2,1-4H3. The lowest BCUT2D eigenvalue weighted by molar-refractivity contribution is 0.0357. The summed E-state index contributed by atoms with van der Waals surface area (Å²) >= 11 is 0. The number of morpholine rings is 1. The first-order valence-electron chi connectivity index (χ1n) is 15.2. The second-order valence-electron chi connectivity index (χ2n) is 12.2. The number of benzene rings is 3. The lowest BCUT2D eigenvalue weighted by atomic mass is 9.92. The molecule has 3 aromatic carbocycles. The molecule has 10 nitrogen and oxygen atoms in total. The largest absolute Gasteiger partial charge is 0.493 e. The van der Waals surface area contributed by atoms with Crippen LogP contribution in [0.25, 0.3) is 21.7 Å². The van der Waals surface area contributed by atoms with Crippen molar-refractivity contribution in [3.63, 3.8) is 0 Å². The predicted molar refractivity (Wildman–Crippen MR) is 175 cm³/mol. The molecule has 0 spiro atoms. The second kappa shape index (κ2) is 12.7. The quantitative estimate of drug-likeness (QED) is 0.199. The van der Waals surface area contributed by atoms with Crippen LogP contribution in [0.3, 0.4) is 0 Å². The third-order valence-electron chi connectivity index (χ3n) is 7.97. The summed E-state index contributed by atoms with van der Waals surface area (Å²) in [5.41, 5.74) is 7.96. The molecule has 10 heteroatoms. The Balaban J connectivity index is 1.22. The van der Waals surface area contributed by atoms with Crippen molar-refractivity contribution in [2.45, 2.75) is 32.6 Å². The first kappa shape index (κ1) is 30.4. The number of nitrogens with two attached hydrogens (primary N) is 1. The highest BCUT2D eigenvalue weighted by Crippen LogP contribution is 2.38. The third kappa shape index (κ3) is 6.57. The topological polar surface area (TPSA) is 114 Å². The van der Waals surface area contributed by atoms with E-state index in [9.17, 15) is 4.79 Å². The van der Waals surface area contributed by atoms with Crippen LogP contribution >= 0.6 is 0 Å². The number of hydrogen-bond acceptors (Lipinski definition) is 9. The van der Waals surface area contributed by atoms with Gasteiger partial charge in [-0.15, -0.1) is 0 Å². The van der Waals surface area contributed by atoms with Gasteiger partial charge in [-0.1, -0.05) is 32.9 Å². The number of methoxy groups -OCH3 is 1. The monoisotopic (exact) mass is 609 g/mol. The van der Waals surface area contributed by atoms with E-state index in [0.717, 1.165) is 66.6 Å². The van der Waals surface area contributed by atoms with Gasteiger partial charge in [0.1, 0.15) is 17.3 Å². The minimum Gasteiger partial charge on any atom is -0.493 e. The molecule has 0 radical (unpaired) electrons. The van der Waals surface area contributed by atoms with E-state index in [2.05, 4.69) is 15.0 Å². The van der Waals surface area contributed by atoms with E-state index in [0.29, 0.717) is 41.0 Å². The van der Waals surface area contributed by atoms with Gasteiger partial charge in [0.05, 0.1) is 38.1 Å². The van der Waals surface area contributed by atoms with Crippen molar-refractivity contribution in [2.75, 3.05) is 52.3 Å². The van der Waals surface area contributed by atoms with E-state index in [1.165, 1.54) is 4.68 Å². The van der Waals surface area contributed by atoms with Crippen LogP contribution in [0.15, 0.2) is 66.9 Å². The van der Waals surface area contributed by atoms with Gasteiger partial charge in [-0.25, -0.2) is 0 Å². The molecule has 6 rings (SSSR count). The average Bonchev–Trinajstić information content (AvgIpc) is 3.45. The summed E-state index contributed by atoms with van der Waals surface area (Å²) in [6.07, 6.45) is 2.62. The Hall–Kier alpha value is -4.67. The van der Waals surface area contributed by atoms with Gasteiger partial charge in [-0.3, -0.25) is 14.7 Å². The van der Waals surface area contributed by atoms with Gasteiger partial charge < -0.3 is 24.7 Å². The van der Waals surface area contributed by atoms with Crippen molar-refractivity contribution in [3.8, 4) is 23.0 Å². The zero-order valence-corrected chi connectivity index (χ0v) is 26.2. The smallest absolute Gasteiger partial charge is 0.280 e. The average molecular weight is 610 g/mol. The summed E-state index contributed by atoms with van der Waals surface area (Å²) in [5, 5.41) is 6.93. The molecule has 0 atom stereocenters. The Bertz CT molecular complexity index is 1840. The molecule has 0 amide bonds. The minimum atomic E-state index is -0.284. The van der Waals surface area contributed by atoms with Crippen LogP contribution in [0.2, 0.25) is 0 Å². The Labute approximate surface area is 262 Å². The van der Waals surface area contributed by atoms with E-state index >= 15 is 0 Å². The predicted octanol–water partition coefficient (Wildman–Crippen LogP) is 6.05. The van der Waals surface area contributed by atoms with Gasteiger partial charge >= 0.3 is 0 Å². The number of nitrogen functional groups attached to an aromatic ring is 1. The van der Waals surface area contributed by atoms with Crippen LogP contribution in [0.1, 0.15) is 43.2 Å². The molecule has 0 aliphatic carbocycles. The summed E-state index contributed by atoms with van der Waals surface area (Å²) in [5.74, 6) is 2.53. The fourth-order valence-corrected chi connectivity index (χ4v) is 5.46. The number of rotatable bonds is 9. The maximum Gasteiger partial charge on any atom is 0.280 e. The first-order chi connectivity index (χ1) is 21.7. The molecular formula is C35H39N5O5. The van der Waals surface area contributed by atoms with E-state index in [4.69, 9.17) is 24.7 Å².